The van der Waals surface area contributed by atoms with E-state index >= 15 is 0 Å². The summed E-state index contributed by atoms with van der Waals surface area (Å²) in [6, 6.07) is 19.2. The summed E-state index contributed by atoms with van der Waals surface area (Å²) in [6.45, 7) is 2.60. The molecule has 0 aliphatic carbocycles. The van der Waals surface area contributed by atoms with E-state index in [2.05, 4.69) is 0 Å². The van der Waals surface area contributed by atoms with Crippen LogP contribution in [0, 0.1) is 0 Å². The Morgan fingerprint density at radius 3 is 2.29 bits per heavy atom. The van der Waals surface area contributed by atoms with Crippen molar-refractivity contribution in [1.29, 1.82) is 0 Å². The van der Waals surface area contributed by atoms with E-state index < -0.39 is 0 Å². The molecule has 24 heavy (non-hydrogen) atoms. The highest BCUT2D eigenvalue weighted by atomic mass is 16.5. The molecule has 0 N–H and O–H groups in total. The molecule has 0 atom stereocenters. The lowest BCUT2D eigenvalue weighted by molar-refractivity contribution is 0.104. The maximum Gasteiger partial charge on any atom is 0.185 e. The Labute approximate surface area is 141 Å². The molecule has 1 aromatic heterocycles. The van der Waals surface area contributed by atoms with Gasteiger partial charge in [-0.25, -0.2) is 0 Å². The molecule has 0 saturated heterocycles. The zero-order valence-corrected chi connectivity index (χ0v) is 13.6. The summed E-state index contributed by atoms with van der Waals surface area (Å²) >= 11 is 0. The lowest BCUT2D eigenvalue weighted by Gasteiger charge is -2.04. The normalized spacial score (nSPS) is 10.9. The zero-order chi connectivity index (χ0) is 16.8. The van der Waals surface area contributed by atoms with Crippen LogP contribution in [0.2, 0.25) is 0 Å². The Bertz CT molecular complexity index is 813. The molecule has 0 spiro atoms. The average molecular weight is 317 g/mol. The van der Waals surface area contributed by atoms with Crippen molar-refractivity contribution in [3.63, 3.8) is 0 Å². The van der Waals surface area contributed by atoms with Crippen LogP contribution in [0.15, 0.2) is 79.1 Å². The molecule has 0 aliphatic heterocycles. The fourth-order valence-corrected chi connectivity index (χ4v) is 2.41. The van der Waals surface area contributed by atoms with Gasteiger partial charge in [0.15, 0.2) is 5.78 Å². The van der Waals surface area contributed by atoms with E-state index in [1.165, 1.54) is 0 Å². The molecular weight excluding hydrogens is 298 g/mol. The van der Waals surface area contributed by atoms with E-state index in [-0.39, 0.29) is 5.78 Å². The fraction of sp³-hybridized carbons (Fsp3) is 0.0952. The van der Waals surface area contributed by atoms with Crippen LogP contribution in [0.25, 0.3) is 11.8 Å². The number of carbonyl (C=O) groups is 1. The molecule has 0 bridgehead atoms. The van der Waals surface area contributed by atoms with Crippen LogP contribution in [0.5, 0.6) is 5.75 Å². The lowest BCUT2D eigenvalue weighted by Crippen LogP contribution is -1.96. The van der Waals surface area contributed by atoms with Crippen LogP contribution in [0.3, 0.4) is 0 Å². The molecule has 0 unspecified atom stereocenters. The zero-order valence-electron chi connectivity index (χ0n) is 13.6. The first kappa shape index (κ1) is 15.8. The molecule has 1 heterocycles. The van der Waals surface area contributed by atoms with E-state index in [9.17, 15) is 4.79 Å². The molecule has 120 valence electrons. The number of rotatable bonds is 6. The number of benzene rings is 2. The van der Waals surface area contributed by atoms with Crippen molar-refractivity contribution >= 4 is 11.9 Å². The Kier molecular flexibility index (Phi) is 4.92. The lowest BCUT2D eigenvalue weighted by atomic mass is 10.1. The molecule has 3 rings (SSSR count). The highest BCUT2D eigenvalue weighted by molar-refractivity contribution is 6.06. The van der Waals surface area contributed by atoms with Crippen molar-refractivity contribution in [1.82, 2.24) is 4.57 Å². The van der Waals surface area contributed by atoms with Crippen LogP contribution >= 0.6 is 0 Å². The summed E-state index contributed by atoms with van der Waals surface area (Å²) in [5.41, 5.74) is 2.68. The molecule has 0 aliphatic rings. The van der Waals surface area contributed by atoms with Gasteiger partial charge in [-0.3, -0.25) is 4.79 Å². The van der Waals surface area contributed by atoms with E-state index in [1.807, 2.05) is 90.6 Å². The van der Waals surface area contributed by atoms with Crippen molar-refractivity contribution in [2.45, 2.75) is 6.92 Å². The Morgan fingerprint density at radius 2 is 1.67 bits per heavy atom. The van der Waals surface area contributed by atoms with E-state index in [4.69, 9.17) is 4.74 Å². The van der Waals surface area contributed by atoms with Crippen molar-refractivity contribution in [3.05, 3.63) is 90.3 Å². The largest absolute Gasteiger partial charge is 0.494 e. The summed E-state index contributed by atoms with van der Waals surface area (Å²) in [4.78, 5) is 12.3. The second kappa shape index (κ2) is 7.47. The number of ketones is 1. The minimum absolute atomic E-state index is 0.0112. The maximum atomic E-state index is 12.3. The van der Waals surface area contributed by atoms with Gasteiger partial charge >= 0.3 is 0 Å². The molecule has 0 fully saturated rings. The van der Waals surface area contributed by atoms with Gasteiger partial charge in [-0.15, -0.1) is 0 Å². The molecule has 3 aromatic rings. The smallest absolute Gasteiger partial charge is 0.185 e. The van der Waals surface area contributed by atoms with Gasteiger partial charge in [0.2, 0.25) is 0 Å². The molecule has 2 aromatic carbocycles. The van der Waals surface area contributed by atoms with Crippen LogP contribution in [-0.2, 0) is 0 Å². The number of allylic oxidation sites excluding steroid dienone is 1. The summed E-state index contributed by atoms with van der Waals surface area (Å²) in [7, 11) is 0. The number of carbonyl (C=O) groups excluding carboxylic acids is 1. The van der Waals surface area contributed by atoms with E-state index in [0.29, 0.717) is 12.2 Å². The van der Waals surface area contributed by atoms with Crippen LogP contribution in [-0.4, -0.2) is 17.0 Å². The highest BCUT2D eigenvalue weighted by Gasteiger charge is 2.02. The molecule has 3 nitrogen and oxygen atoms in total. The second-order valence-electron chi connectivity index (χ2n) is 5.34. The maximum absolute atomic E-state index is 12.3. The Hall–Kier alpha value is -3.07. The van der Waals surface area contributed by atoms with Gasteiger partial charge in [0.1, 0.15) is 5.75 Å². The summed E-state index contributed by atoms with van der Waals surface area (Å²) < 4.78 is 7.41. The van der Waals surface area contributed by atoms with Crippen LogP contribution in [0.1, 0.15) is 22.8 Å². The first-order valence-corrected chi connectivity index (χ1v) is 7.95. The van der Waals surface area contributed by atoms with Gasteiger partial charge in [0.05, 0.1) is 6.61 Å². The quantitative estimate of drug-likeness (QED) is 0.484. The third-order valence-electron chi connectivity index (χ3n) is 3.67. The third-order valence-corrected chi connectivity index (χ3v) is 3.67. The predicted octanol–water partition coefficient (Wildman–Crippen LogP) is 4.77. The molecule has 0 saturated carbocycles. The van der Waals surface area contributed by atoms with Crippen LogP contribution in [0.4, 0.5) is 0 Å². The fourth-order valence-electron chi connectivity index (χ4n) is 2.41. The number of aromatic nitrogens is 1. The SMILES string of the molecule is CCOc1ccc(/C=C/C(=O)c2ccc(-n3cccc3)cc2)cc1. The predicted molar refractivity (Wildman–Crippen MR) is 96.7 cm³/mol. The van der Waals surface area contributed by atoms with Gasteiger partial charge in [-0.05, 0) is 67.1 Å². The minimum Gasteiger partial charge on any atom is -0.494 e. The topological polar surface area (TPSA) is 31.2 Å². The minimum atomic E-state index is -0.0112. The van der Waals surface area contributed by atoms with Crippen molar-refractivity contribution in [2.75, 3.05) is 6.61 Å². The number of ether oxygens (including phenoxy) is 1. The number of nitrogens with zero attached hydrogens (tertiary/aromatic N) is 1. The summed E-state index contributed by atoms with van der Waals surface area (Å²) in [5, 5.41) is 0. The van der Waals surface area contributed by atoms with Crippen LogP contribution < -0.4 is 4.74 Å². The Balaban J connectivity index is 1.67. The Morgan fingerprint density at radius 1 is 1.00 bits per heavy atom. The van der Waals surface area contributed by atoms with Crippen molar-refractivity contribution < 1.29 is 9.53 Å². The van der Waals surface area contributed by atoms with Gasteiger partial charge < -0.3 is 9.30 Å². The van der Waals surface area contributed by atoms with E-state index in [1.54, 1.807) is 6.08 Å². The third kappa shape index (κ3) is 3.82. The first-order chi connectivity index (χ1) is 11.8. The summed E-state index contributed by atoms with van der Waals surface area (Å²) in [6.07, 6.45) is 7.36. The average Bonchev–Trinajstić information content (AvgIpc) is 3.16. The molecular formula is C21H19NO2. The van der Waals surface area contributed by atoms with Gasteiger partial charge in [0.25, 0.3) is 0 Å². The van der Waals surface area contributed by atoms with Gasteiger partial charge in [0, 0.05) is 23.6 Å². The standard InChI is InChI=1S/C21H19NO2/c1-2-24-20-12-5-17(6-13-20)7-14-21(23)18-8-10-19(11-9-18)22-15-3-4-16-22/h3-16H,2H2,1H3/b14-7+. The molecule has 0 amide bonds. The highest BCUT2D eigenvalue weighted by Crippen LogP contribution is 2.14. The number of hydrogen-bond donors (Lipinski definition) is 0. The van der Waals surface area contributed by atoms with Crippen molar-refractivity contribution in [2.24, 2.45) is 0 Å². The van der Waals surface area contributed by atoms with E-state index in [0.717, 1.165) is 17.0 Å². The molecule has 0 radical (unpaired) electrons. The first-order valence-electron chi connectivity index (χ1n) is 7.95. The van der Waals surface area contributed by atoms with Gasteiger partial charge in [-0.2, -0.15) is 0 Å². The van der Waals surface area contributed by atoms with Crippen molar-refractivity contribution in [3.8, 4) is 11.4 Å². The number of hydrogen-bond acceptors (Lipinski definition) is 2. The molecule has 3 heteroatoms. The monoisotopic (exact) mass is 317 g/mol. The van der Waals surface area contributed by atoms with Gasteiger partial charge in [-0.1, -0.05) is 18.2 Å². The summed E-state index contributed by atoms with van der Waals surface area (Å²) in [5.74, 6) is 0.824. The second-order valence-corrected chi connectivity index (χ2v) is 5.34.